The van der Waals surface area contributed by atoms with Crippen LogP contribution in [0.4, 0.5) is 0 Å². The van der Waals surface area contributed by atoms with Crippen molar-refractivity contribution in [3.05, 3.63) is 29.3 Å². The van der Waals surface area contributed by atoms with Crippen molar-refractivity contribution in [3.63, 3.8) is 0 Å². The van der Waals surface area contributed by atoms with Crippen LogP contribution in [0.1, 0.15) is 0 Å². The molecular weight excluding hydrogens is 159 g/mol. The second kappa shape index (κ2) is 3.59. The molecule has 0 aliphatic carbocycles. The largest absolute Gasteiger partial charge is 0.506 e. The first-order chi connectivity index (χ1) is 3.80. The second-order valence-electron chi connectivity index (χ2n) is 1.45. The van der Waals surface area contributed by atoms with E-state index in [1.165, 1.54) is 0 Å². The maximum atomic E-state index is 8.79. The number of phenolic OH excluding ortho intramolecular Hbond substituents is 1. The lowest BCUT2D eigenvalue weighted by atomic mass is 10.3. The Morgan fingerprint density at radius 2 is 1.78 bits per heavy atom. The molecular formula is C6H6Cl2O. The number of hydrogen-bond acceptors (Lipinski definition) is 1. The zero-order valence-corrected chi connectivity index (χ0v) is 6.12. The minimum absolute atomic E-state index is 0. The number of hydrogen-bond donors (Lipinski definition) is 1. The van der Waals surface area contributed by atoms with E-state index < -0.39 is 0 Å². The van der Waals surface area contributed by atoms with Gasteiger partial charge < -0.3 is 5.11 Å². The molecule has 9 heavy (non-hydrogen) atoms. The molecule has 0 aromatic heterocycles. The summed E-state index contributed by atoms with van der Waals surface area (Å²) in [6.07, 6.45) is 0. The molecule has 0 saturated heterocycles. The summed E-state index contributed by atoms with van der Waals surface area (Å²) in [5.41, 5.74) is 0. The maximum absolute atomic E-state index is 8.79. The molecule has 0 aliphatic rings. The number of aromatic hydroxyl groups is 1. The molecule has 0 saturated carbocycles. The molecule has 1 rings (SSSR count). The molecule has 0 radical (unpaired) electrons. The zero-order chi connectivity index (χ0) is 5.98. The summed E-state index contributed by atoms with van der Waals surface area (Å²) in [6.45, 7) is 0. The molecule has 3 heteroatoms. The van der Waals surface area contributed by atoms with Gasteiger partial charge in [-0.15, -0.1) is 12.4 Å². The van der Waals surface area contributed by atoms with Gasteiger partial charge in [-0.2, -0.15) is 0 Å². The Morgan fingerprint density at radius 3 is 2.11 bits per heavy atom. The Labute approximate surface area is 64.7 Å². The van der Waals surface area contributed by atoms with Crippen LogP contribution in [0.3, 0.4) is 0 Å². The number of phenols is 1. The van der Waals surface area contributed by atoms with Crippen molar-refractivity contribution < 1.29 is 5.11 Å². The summed E-state index contributed by atoms with van der Waals surface area (Å²) in [5.74, 6) is 0.133. The summed E-state index contributed by atoms with van der Waals surface area (Å²) in [6, 6.07) is 6.67. The lowest BCUT2D eigenvalue weighted by Crippen LogP contribution is -1.62. The van der Waals surface area contributed by atoms with Crippen molar-refractivity contribution >= 4 is 24.0 Å². The molecule has 1 aromatic carbocycles. The highest BCUT2D eigenvalue weighted by atomic mass is 35.5. The van der Waals surface area contributed by atoms with Crippen molar-refractivity contribution in [2.75, 3.05) is 0 Å². The van der Waals surface area contributed by atoms with Gasteiger partial charge in [-0.1, -0.05) is 23.7 Å². The van der Waals surface area contributed by atoms with Crippen LogP contribution in [-0.2, 0) is 0 Å². The quantitative estimate of drug-likeness (QED) is 0.625. The number of para-hydroxylation sites is 1. The van der Waals surface area contributed by atoms with E-state index in [4.69, 9.17) is 16.7 Å². The highest BCUT2D eigenvalue weighted by Gasteiger charge is 1.89. The van der Waals surface area contributed by atoms with Gasteiger partial charge in [0.25, 0.3) is 0 Å². The van der Waals surface area contributed by atoms with Crippen molar-refractivity contribution in [1.29, 1.82) is 0 Å². The van der Waals surface area contributed by atoms with Crippen LogP contribution in [0.15, 0.2) is 24.3 Å². The Hall–Kier alpha value is -0.400. The fraction of sp³-hybridized carbons (Fsp3) is 0. The van der Waals surface area contributed by atoms with Crippen LogP contribution in [-0.4, -0.2) is 5.11 Å². The highest BCUT2D eigenvalue weighted by molar-refractivity contribution is 6.31. The van der Waals surface area contributed by atoms with Crippen molar-refractivity contribution in [2.24, 2.45) is 0 Å². The molecule has 0 bridgehead atoms. The monoisotopic (exact) mass is 164 g/mol. The number of benzene rings is 1. The molecule has 0 aliphatic heterocycles. The summed E-state index contributed by atoms with van der Waals surface area (Å²) in [7, 11) is 0. The highest BCUT2D eigenvalue weighted by Crippen LogP contribution is 2.20. The lowest BCUT2D eigenvalue weighted by molar-refractivity contribution is 0.475. The SMILES string of the molecule is Cl.Oc1ccccc1Cl. The molecule has 0 heterocycles. The van der Waals surface area contributed by atoms with E-state index >= 15 is 0 Å². The van der Waals surface area contributed by atoms with Crippen LogP contribution < -0.4 is 0 Å². The Balaban J connectivity index is 0.000000640. The van der Waals surface area contributed by atoms with Crippen molar-refractivity contribution in [1.82, 2.24) is 0 Å². The van der Waals surface area contributed by atoms with Gasteiger partial charge in [-0.3, -0.25) is 0 Å². The van der Waals surface area contributed by atoms with Crippen LogP contribution in [0, 0.1) is 0 Å². The van der Waals surface area contributed by atoms with Gasteiger partial charge in [0.15, 0.2) is 0 Å². The number of halogens is 2. The van der Waals surface area contributed by atoms with Gasteiger partial charge in [0, 0.05) is 0 Å². The lowest BCUT2D eigenvalue weighted by Gasteiger charge is -1.89. The molecule has 0 fully saturated rings. The maximum Gasteiger partial charge on any atom is 0.134 e. The molecule has 1 N–H and O–H groups in total. The van der Waals surface area contributed by atoms with E-state index in [0.717, 1.165) is 0 Å². The second-order valence-corrected chi connectivity index (χ2v) is 1.86. The van der Waals surface area contributed by atoms with Gasteiger partial charge in [0.05, 0.1) is 5.02 Å². The first-order valence-corrected chi connectivity index (χ1v) is 2.62. The molecule has 0 spiro atoms. The standard InChI is InChI=1S/C6H5ClO.ClH/c7-5-3-1-2-4-6(5)8;/h1-4,8H;1H. The average molecular weight is 165 g/mol. The normalized spacial score (nSPS) is 8.11. The third kappa shape index (κ3) is 2.12. The van der Waals surface area contributed by atoms with Crippen LogP contribution in [0.2, 0.25) is 5.02 Å². The van der Waals surface area contributed by atoms with Gasteiger partial charge in [-0.25, -0.2) is 0 Å². The first kappa shape index (κ1) is 8.60. The van der Waals surface area contributed by atoms with Gasteiger partial charge in [0.1, 0.15) is 5.75 Å². The summed E-state index contributed by atoms with van der Waals surface area (Å²) < 4.78 is 0. The van der Waals surface area contributed by atoms with Crippen LogP contribution in [0.5, 0.6) is 5.75 Å². The van der Waals surface area contributed by atoms with Gasteiger partial charge >= 0.3 is 0 Å². The Bertz CT molecular complexity index is 167. The van der Waals surface area contributed by atoms with Crippen molar-refractivity contribution in [2.45, 2.75) is 0 Å². The van der Waals surface area contributed by atoms with Crippen LogP contribution in [0.25, 0.3) is 0 Å². The van der Waals surface area contributed by atoms with Crippen molar-refractivity contribution in [3.8, 4) is 5.75 Å². The number of rotatable bonds is 0. The average Bonchev–Trinajstić information content (AvgIpc) is 1.77. The Kier molecular flexibility index (Phi) is 3.43. The first-order valence-electron chi connectivity index (χ1n) is 2.24. The molecule has 50 valence electrons. The molecule has 0 amide bonds. The summed E-state index contributed by atoms with van der Waals surface area (Å²) in [4.78, 5) is 0. The summed E-state index contributed by atoms with van der Waals surface area (Å²) >= 11 is 5.46. The van der Waals surface area contributed by atoms with E-state index in [1.54, 1.807) is 24.3 Å². The Morgan fingerprint density at radius 1 is 1.22 bits per heavy atom. The van der Waals surface area contributed by atoms with E-state index in [0.29, 0.717) is 5.02 Å². The van der Waals surface area contributed by atoms with E-state index in [-0.39, 0.29) is 18.2 Å². The van der Waals surface area contributed by atoms with Gasteiger partial charge in [0.2, 0.25) is 0 Å². The fourth-order valence-corrected chi connectivity index (χ4v) is 0.587. The van der Waals surface area contributed by atoms with Gasteiger partial charge in [-0.05, 0) is 12.1 Å². The molecule has 0 atom stereocenters. The molecule has 1 aromatic rings. The van der Waals surface area contributed by atoms with Crippen LogP contribution >= 0.6 is 24.0 Å². The van der Waals surface area contributed by atoms with E-state index in [9.17, 15) is 0 Å². The third-order valence-corrected chi connectivity index (χ3v) is 1.17. The fourth-order valence-electron chi connectivity index (χ4n) is 0.452. The predicted octanol–water partition coefficient (Wildman–Crippen LogP) is 2.47. The third-order valence-electron chi connectivity index (χ3n) is 0.852. The predicted molar refractivity (Wildman–Crippen MR) is 40.4 cm³/mol. The van der Waals surface area contributed by atoms with E-state index in [1.807, 2.05) is 0 Å². The molecule has 0 unspecified atom stereocenters. The minimum Gasteiger partial charge on any atom is -0.506 e. The summed E-state index contributed by atoms with van der Waals surface area (Å²) in [5, 5.41) is 9.18. The zero-order valence-electron chi connectivity index (χ0n) is 4.54. The molecule has 1 nitrogen and oxygen atoms in total. The van der Waals surface area contributed by atoms with E-state index in [2.05, 4.69) is 0 Å². The minimum atomic E-state index is 0. The topological polar surface area (TPSA) is 20.2 Å². The smallest absolute Gasteiger partial charge is 0.134 e.